The lowest BCUT2D eigenvalue weighted by Gasteiger charge is -2.07. The van der Waals surface area contributed by atoms with Crippen LogP contribution in [0.5, 0.6) is 5.75 Å². The van der Waals surface area contributed by atoms with Crippen molar-refractivity contribution >= 4 is 39.2 Å². The summed E-state index contributed by atoms with van der Waals surface area (Å²) < 4.78 is 8.35. The van der Waals surface area contributed by atoms with Gasteiger partial charge in [0.25, 0.3) is 11.6 Å². The Hall–Kier alpha value is -3.70. The predicted molar refractivity (Wildman–Crippen MR) is 113 cm³/mol. The summed E-state index contributed by atoms with van der Waals surface area (Å²) in [6, 6.07) is 11.6. The van der Waals surface area contributed by atoms with E-state index in [4.69, 9.17) is 11.2 Å². The van der Waals surface area contributed by atoms with E-state index in [0.717, 1.165) is 10.2 Å². The van der Waals surface area contributed by atoms with E-state index in [1.807, 2.05) is 25.1 Å². The van der Waals surface area contributed by atoms with Crippen molar-refractivity contribution in [2.75, 3.05) is 6.61 Å². The van der Waals surface area contributed by atoms with Crippen LogP contribution in [0.3, 0.4) is 0 Å². The molecule has 0 unspecified atom stereocenters. The zero-order chi connectivity index (χ0) is 20.8. The van der Waals surface area contributed by atoms with E-state index in [0.29, 0.717) is 22.7 Å². The summed E-state index contributed by atoms with van der Waals surface area (Å²) in [6.07, 6.45) is 8.27. The molecule has 0 aliphatic rings. The minimum absolute atomic E-state index is 0.0450. The van der Waals surface area contributed by atoms with Gasteiger partial charge in [-0.1, -0.05) is 35.5 Å². The van der Waals surface area contributed by atoms with Gasteiger partial charge in [0.15, 0.2) is 4.80 Å². The first-order chi connectivity index (χ1) is 14.0. The van der Waals surface area contributed by atoms with Crippen LogP contribution in [0.1, 0.15) is 12.5 Å². The average molecular weight is 407 g/mol. The molecule has 0 radical (unpaired) electrons. The summed E-state index contributed by atoms with van der Waals surface area (Å²) in [5.41, 5.74) is 1.29. The largest absolute Gasteiger partial charge is 0.492 e. The summed E-state index contributed by atoms with van der Waals surface area (Å²) in [5.74, 6) is 2.77. The van der Waals surface area contributed by atoms with Crippen LogP contribution in [0.15, 0.2) is 53.5 Å². The number of terminal acetylenes is 1. The molecule has 0 saturated heterocycles. The van der Waals surface area contributed by atoms with Crippen LogP contribution in [0.25, 0.3) is 16.3 Å². The van der Waals surface area contributed by atoms with Crippen LogP contribution < -0.4 is 9.54 Å². The van der Waals surface area contributed by atoms with E-state index in [1.54, 1.807) is 16.7 Å². The molecule has 0 N–H and O–H groups in total. The van der Waals surface area contributed by atoms with Crippen molar-refractivity contribution in [2.24, 2.45) is 4.99 Å². The average Bonchev–Trinajstić information content (AvgIpc) is 3.05. The van der Waals surface area contributed by atoms with Crippen molar-refractivity contribution in [1.82, 2.24) is 4.57 Å². The number of benzene rings is 2. The van der Waals surface area contributed by atoms with E-state index < -0.39 is 10.8 Å². The predicted octanol–water partition coefficient (Wildman–Crippen LogP) is 3.78. The summed E-state index contributed by atoms with van der Waals surface area (Å²) in [6.45, 7) is 2.64. The molecule has 29 heavy (non-hydrogen) atoms. The van der Waals surface area contributed by atoms with E-state index in [2.05, 4.69) is 10.9 Å². The highest BCUT2D eigenvalue weighted by Gasteiger charge is 2.11. The Kier molecular flexibility index (Phi) is 6.22. The number of nitrogens with zero attached hydrogens (tertiary/aromatic N) is 3. The second kappa shape index (κ2) is 8.99. The Morgan fingerprint density at radius 1 is 1.38 bits per heavy atom. The monoisotopic (exact) mass is 407 g/mol. The molecule has 2 aromatic carbocycles. The maximum Gasteiger partial charge on any atom is 0.272 e. The third-order valence-electron chi connectivity index (χ3n) is 3.92. The van der Waals surface area contributed by atoms with Crippen molar-refractivity contribution in [3.63, 3.8) is 0 Å². The third kappa shape index (κ3) is 4.59. The van der Waals surface area contributed by atoms with Crippen LogP contribution >= 0.6 is 11.3 Å². The molecule has 0 fully saturated rings. The summed E-state index contributed by atoms with van der Waals surface area (Å²) in [5, 5.41) is 10.9. The zero-order valence-corrected chi connectivity index (χ0v) is 16.4. The molecule has 0 aliphatic carbocycles. The SMILES string of the molecule is C#CCn1c(=NC(=O)/C=C/c2cccc([N+](=O)[O-])c2)sc2cccc(OCC)c21. The van der Waals surface area contributed by atoms with Gasteiger partial charge in [0.2, 0.25) is 0 Å². The number of rotatable bonds is 6. The molecule has 0 saturated carbocycles. The first-order valence-corrected chi connectivity index (χ1v) is 9.55. The molecular formula is C21H17N3O4S. The third-order valence-corrected chi connectivity index (χ3v) is 4.96. The van der Waals surface area contributed by atoms with Crippen LogP contribution in [-0.2, 0) is 11.3 Å². The molecule has 0 bridgehead atoms. The molecule has 1 amide bonds. The number of ether oxygens (including phenoxy) is 1. The number of carbonyl (C=O) groups excluding carboxylic acids is 1. The molecule has 7 nitrogen and oxygen atoms in total. The number of fused-ring (bicyclic) bond motifs is 1. The molecule has 146 valence electrons. The minimum atomic E-state index is -0.494. The first-order valence-electron chi connectivity index (χ1n) is 8.73. The smallest absolute Gasteiger partial charge is 0.272 e. The number of nitro benzene ring substituents is 1. The standard InChI is InChI=1S/C21H17N3O4S/c1-3-13-23-20-17(28-4-2)9-6-10-18(20)29-21(23)22-19(25)12-11-15-7-5-8-16(14-15)24(26)27/h1,5-12,14H,4,13H2,2H3/b12-11+,22-21?. The van der Waals surface area contributed by atoms with Gasteiger partial charge >= 0.3 is 0 Å². The van der Waals surface area contributed by atoms with Gasteiger partial charge < -0.3 is 9.30 Å². The van der Waals surface area contributed by atoms with Crippen LogP contribution in [0.4, 0.5) is 5.69 Å². The number of hydrogen-bond acceptors (Lipinski definition) is 5. The number of hydrogen-bond donors (Lipinski definition) is 0. The molecule has 1 heterocycles. The van der Waals surface area contributed by atoms with Gasteiger partial charge in [-0.25, -0.2) is 0 Å². The number of aromatic nitrogens is 1. The van der Waals surface area contributed by atoms with Crippen molar-refractivity contribution < 1.29 is 14.5 Å². The van der Waals surface area contributed by atoms with Gasteiger partial charge in [-0.2, -0.15) is 4.99 Å². The summed E-state index contributed by atoms with van der Waals surface area (Å²) in [4.78, 5) is 27.4. The van der Waals surface area contributed by atoms with Crippen molar-refractivity contribution in [3.05, 3.63) is 69.0 Å². The lowest BCUT2D eigenvalue weighted by Crippen LogP contribution is -2.16. The van der Waals surface area contributed by atoms with Gasteiger partial charge in [0.1, 0.15) is 11.3 Å². The van der Waals surface area contributed by atoms with Gasteiger partial charge in [-0.3, -0.25) is 14.9 Å². The number of carbonyl (C=O) groups is 1. The maximum absolute atomic E-state index is 12.4. The lowest BCUT2D eigenvalue weighted by molar-refractivity contribution is -0.384. The quantitative estimate of drug-likeness (QED) is 0.269. The maximum atomic E-state index is 12.4. The Morgan fingerprint density at radius 3 is 2.90 bits per heavy atom. The van der Waals surface area contributed by atoms with Crippen LogP contribution in [-0.4, -0.2) is 22.0 Å². The molecule has 0 spiro atoms. The normalized spacial score (nSPS) is 11.7. The van der Waals surface area contributed by atoms with Gasteiger partial charge in [-0.15, -0.1) is 6.42 Å². The van der Waals surface area contributed by atoms with Crippen molar-refractivity contribution in [3.8, 4) is 18.1 Å². The van der Waals surface area contributed by atoms with Gasteiger partial charge in [-0.05, 0) is 30.7 Å². The first kappa shape index (κ1) is 20.0. The zero-order valence-electron chi connectivity index (χ0n) is 15.6. The van der Waals surface area contributed by atoms with Crippen molar-refractivity contribution in [2.45, 2.75) is 13.5 Å². The van der Waals surface area contributed by atoms with E-state index >= 15 is 0 Å². The summed E-state index contributed by atoms with van der Waals surface area (Å²) in [7, 11) is 0. The highest BCUT2D eigenvalue weighted by molar-refractivity contribution is 7.16. The Labute approximate surface area is 170 Å². The lowest BCUT2D eigenvalue weighted by atomic mass is 10.2. The van der Waals surface area contributed by atoms with E-state index in [-0.39, 0.29) is 12.2 Å². The fraction of sp³-hybridized carbons (Fsp3) is 0.143. The van der Waals surface area contributed by atoms with Gasteiger partial charge in [0.05, 0.1) is 22.8 Å². The molecule has 3 rings (SSSR count). The molecule has 8 heteroatoms. The second-order valence-electron chi connectivity index (χ2n) is 5.85. The Balaban J connectivity index is 1.99. The number of amides is 1. The molecule has 0 atom stereocenters. The number of para-hydroxylation sites is 1. The summed E-state index contributed by atoms with van der Waals surface area (Å²) >= 11 is 1.34. The highest BCUT2D eigenvalue weighted by atomic mass is 32.1. The fourth-order valence-corrected chi connectivity index (χ4v) is 3.79. The Bertz CT molecular complexity index is 1210. The van der Waals surface area contributed by atoms with Crippen molar-refractivity contribution in [1.29, 1.82) is 0 Å². The molecular weight excluding hydrogens is 390 g/mol. The fourth-order valence-electron chi connectivity index (χ4n) is 2.73. The molecule has 3 aromatic rings. The van der Waals surface area contributed by atoms with Crippen LogP contribution in [0.2, 0.25) is 0 Å². The van der Waals surface area contributed by atoms with Crippen LogP contribution in [0, 0.1) is 22.5 Å². The number of nitro groups is 1. The number of thiazole rings is 1. The Morgan fingerprint density at radius 2 is 2.17 bits per heavy atom. The van der Waals surface area contributed by atoms with E-state index in [9.17, 15) is 14.9 Å². The molecule has 1 aromatic heterocycles. The van der Waals surface area contributed by atoms with Gasteiger partial charge in [0, 0.05) is 18.2 Å². The number of non-ortho nitro benzene ring substituents is 1. The highest BCUT2D eigenvalue weighted by Crippen LogP contribution is 2.27. The minimum Gasteiger partial charge on any atom is -0.492 e. The van der Waals surface area contributed by atoms with E-state index in [1.165, 1.54) is 35.6 Å². The second-order valence-corrected chi connectivity index (χ2v) is 6.86. The topological polar surface area (TPSA) is 86.7 Å². The molecule has 0 aliphatic heterocycles.